The molecule has 0 aromatic carbocycles. The second-order valence-electron chi connectivity index (χ2n) is 3.75. The number of rotatable bonds is 0. The molecule has 14 heavy (non-hydrogen) atoms. The third-order valence-corrected chi connectivity index (χ3v) is 2.15. The van der Waals surface area contributed by atoms with Gasteiger partial charge < -0.3 is 10.6 Å². The van der Waals surface area contributed by atoms with Gasteiger partial charge in [-0.3, -0.25) is 9.78 Å². The molecule has 5 heteroatoms. The standard InChI is InChI=1S/C9H10FN3O/c1-9(2)8(14)12-7-5(10)3-11-4-6(7)13-9/h3-4,13H,1-2H3,(H,12,14). The average molecular weight is 195 g/mol. The van der Waals surface area contributed by atoms with Gasteiger partial charge in [-0.2, -0.15) is 0 Å². The van der Waals surface area contributed by atoms with E-state index in [1.54, 1.807) is 13.8 Å². The first-order valence-corrected chi connectivity index (χ1v) is 4.24. The highest BCUT2D eigenvalue weighted by atomic mass is 19.1. The van der Waals surface area contributed by atoms with Crippen molar-refractivity contribution < 1.29 is 9.18 Å². The minimum absolute atomic E-state index is 0.171. The normalized spacial score (nSPS) is 18.1. The first kappa shape index (κ1) is 8.93. The summed E-state index contributed by atoms with van der Waals surface area (Å²) in [5, 5.41) is 5.41. The molecule has 0 aliphatic carbocycles. The van der Waals surface area contributed by atoms with Crippen molar-refractivity contribution in [2.75, 3.05) is 10.6 Å². The molecule has 0 spiro atoms. The largest absolute Gasteiger partial charge is 0.369 e. The fraction of sp³-hybridized carbons (Fsp3) is 0.333. The Morgan fingerprint density at radius 1 is 1.43 bits per heavy atom. The van der Waals surface area contributed by atoms with Gasteiger partial charge >= 0.3 is 0 Å². The number of hydrogen-bond donors (Lipinski definition) is 2. The number of anilines is 2. The number of hydrogen-bond acceptors (Lipinski definition) is 3. The molecular formula is C9H10FN3O. The summed E-state index contributed by atoms with van der Waals surface area (Å²) in [6.07, 6.45) is 2.55. The Bertz CT molecular complexity index is 403. The summed E-state index contributed by atoms with van der Waals surface area (Å²) >= 11 is 0. The number of pyridine rings is 1. The van der Waals surface area contributed by atoms with Crippen LogP contribution in [0.2, 0.25) is 0 Å². The van der Waals surface area contributed by atoms with E-state index in [9.17, 15) is 9.18 Å². The fourth-order valence-electron chi connectivity index (χ4n) is 1.32. The molecule has 0 radical (unpaired) electrons. The molecule has 1 amide bonds. The van der Waals surface area contributed by atoms with Gasteiger partial charge in [-0.1, -0.05) is 0 Å². The summed E-state index contributed by atoms with van der Waals surface area (Å²) in [6, 6.07) is 0. The Kier molecular flexibility index (Phi) is 1.70. The molecule has 0 fully saturated rings. The molecule has 0 bridgehead atoms. The van der Waals surface area contributed by atoms with Crippen molar-refractivity contribution in [2.45, 2.75) is 19.4 Å². The highest BCUT2D eigenvalue weighted by Crippen LogP contribution is 2.31. The van der Waals surface area contributed by atoms with E-state index >= 15 is 0 Å². The minimum Gasteiger partial charge on any atom is -0.369 e. The fourth-order valence-corrected chi connectivity index (χ4v) is 1.32. The van der Waals surface area contributed by atoms with Crippen LogP contribution in [0, 0.1) is 5.82 Å². The Morgan fingerprint density at radius 3 is 2.86 bits per heavy atom. The lowest BCUT2D eigenvalue weighted by molar-refractivity contribution is -0.119. The number of carbonyl (C=O) groups excluding carboxylic acids is 1. The van der Waals surface area contributed by atoms with Crippen LogP contribution in [-0.4, -0.2) is 16.4 Å². The van der Waals surface area contributed by atoms with Crippen molar-refractivity contribution >= 4 is 17.3 Å². The number of nitrogens with one attached hydrogen (secondary N) is 2. The maximum atomic E-state index is 13.2. The predicted molar refractivity (Wildman–Crippen MR) is 50.5 cm³/mol. The van der Waals surface area contributed by atoms with E-state index < -0.39 is 11.4 Å². The predicted octanol–water partition coefficient (Wildman–Crippen LogP) is 1.36. The lowest BCUT2D eigenvalue weighted by Crippen LogP contribution is -2.47. The van der Waals surface area contributed by atoms with E-state index in [-0.39, 0.29) is 11.6 Å². The zero-order chi connectivity index (χ0) is 10.3. The van der Waals surface area contributed by atoms with E-state index in [1.807, 2.05) is 0 Å². The maximum absolute atomic E-state index is 13.2. The quantitative estimate of drug-likeness (QED) is 0.657. The number of halogens is 1. The molecule has 4 nitrogen and oxygen atoms in total. The smallest absolute Gasteiger partial charge is 0.249 e. The minimum atomic E-state index is -0.734. The van der Waals surface area contributed by atoms with Crippen LogP contribution in [0.5, 0.6) is 0 Å². The molecular weight excluding hydrogens is 185 g/mol. The molecule has 0 saturated carbocycles. The van der Waals surface area contributed by atoms with Crippen molar-refractivity contribution in [1.82, 2.24) is 4.98 Å². The Labute approximate surface area is 80.5 Å². The summed E-state index contributed by atoms with van der Waals surface area (Å²) in [4.78, 5) is 15.2. The second kappa shape index (κ2) is 2.67. The average Bonchev–Trinajstić information content (AvgIpc) is 2.08. The maximum Gasteiger partial charge on any atom is 0.249 e. The first-order valence-electron chi connectivity index (χ1n) is 4.24. The number of carbonyl (C=O) groups is 1. The Balaban J connectivity index is 2.51. The monoisotopic (exact) mass is 195 g/mol. The summed E-state index contributed by atoms with van der Waals surface area (Å²) < 4.78 is 13.2. The van der Waals surface area contributed by atoms with Crippen LogP contribution in [-0.2, 0) is 4.79 Å². The van der Waals surface area contributed by atoms with Gasteiger partial charge in [-0.05, 0) is 13.8 Å². The molecule has 2 N–H and O–H groups in total. The number of fused-ring (bicyclic) bond motifs is 1. The van der Waals surface area contributed by atoms with Gasteiger partial charge in [-0.15, -0.1) is 0 Å². The van der Waals surface area contributed by atoms with Crippen molar-refractivity contribution in [2.24, 2.45) is 0 Å². The molecule has 2 rings (SSSR count). The molecule has 1 aromatic heterocycles. The zero-order valence-corrected chi connectivity index (χ0v) is 7.89. The van der Waals surface area contributed by atoms with Crippen LogP contribution >= 0.6 is 0 Å². The van der Waals surface area contributed by atoms with Crippen molar-refractivity contribution in [3.63, 3.8) is 0 Å². The number of aromatic nitrogens is 1. The number of amides is 1. The van der Waals surface area contributed by atoms with Gasteiger partial charge in [0, 0.05) is 0 Å². The van der Waals surface area contributed by atoms with Crippen molar-refractivity contribution in [3.8, 4) is 0 Å². The highest BCUT2D eigenvalue weighted by Gasteiger charge is 2.34. The summed E-state index contributed by atoms with van der Waals surface area (Å²) in [5.74, 6) is -0.783. The van der Waals surface area contributed by atoms with E-state index in [2.05, 4.69) is 15.6 Å². The molecule has 1 aromatic rings. The van der Waals surface area contributed by atoms with Gasteiger partial charge in [0.25, 0.3) is 0 Å². The van der Waals surface area contributed by atoms with Crippen LogP contribution in [0.15, 0.2) is 12.4 Å². The third-order valence-electron chi connectivity index (χ3n) is 2.15. The highest BCUT2D eigenvalue weighted by molar-refractivity contribution is 6.05. The Hall–Kier alpha value is -1.65. The first-order chi connectivity index (χ1) is 6.50. The van der Waals surface area contributed by atoms with Gasteiger partial charge in [-0.25, -0.2) is 4.39 Å². The molecule has 74 valence electrons. The molecule has 0 unspecified atom stereocenters. The molecule has 2 heterocycles. The van der Waals surface area contributed by atoms with Crippen molar-refractivity contribution in [3.05, 3.63) is 18.2 Å². The summed E-state index contributed by atoms with van der Waals surface area (Å²) in [6.45, 7) is 3.44. The van der Waals surface area contributed by atoms with Crippen LogP contribution < -0.4 is 10.6 Å². The van der Waals surface area contributed by atoms with E-state index in [4.69, 9.17) is 0 Å². The Morgan fingerprint density at radius 2 is 2.14 bits per heavy atom. The van der Waals surface area contributed by atoms with Crippen molar-refractivity contribution in [1.29, 1.82) is 0 Å². The van der Waals surface area contributed by atoms with E-state index in [0.29, 0.717) is 5.69 Å². The van der Waals surface area contributed by atoms with Gasteiger partial charge in [0.05, 0.1) is 18.1 Å². The summed E-state index contributed by atoms with van der Waals surface area (Å²) in [7, 11) is 0. The lowest BCUT2D eigenvalue weighted by atomic mass is 10.0. The van der Waals surface area contributed by atoms with Crippen LogP contribution in [0.25, 0.3) is 0 Å². The van der Waals surface area contributed by atoms with Crippen LogP contribution in [0.1, 0.15) is 13.8 Å². The number of nitrogens with zero attached hydrogens (tertiary/aromatic N) is 1. The molecule has 0 atom stereocenters. The van der Waals surface area contributed by atoms with E-state index in [0.717, 1.165) is 6.20 Å². The van der Waals surface area contributed by atoms with Crippen LogP contribution in [0.3, 0.4) is 0 Å². The molecule has 0 saturated heterocycles. The van der Waals surface area contributed by atoms with Gasteiger partial charge in [0.1, 0.15) is 11.2 Å². The summed E-state index contributed by atoms with van der Waals surface area (Å²) in [5.41, 5.74) is -0.0541. The van der Waals surface area contributed by atoms with Crippen LogP contribution in [0.4, 0.5) is 15.8 Å². The SMILES string of the molecule is CC1(C)Nc2cncc(F)c2NC1=O. The zero-order valence-electron chi connectivity index (χ0n) is 7.89. The molecule has 1 aliphatic rings. The topological polar surface area (TPSA) is 54.0 Å². The van der Waals surface area contributed by atoms with E-state index in [1.165, 1.54) is 6.20 Å². The lowest BCUT2D eigenvalue weighted by Gasteiger charge is -2.32. The third kappa shape index (κ3) is 1.21. The second-order valence-corrected chi connectivity index (χ2v) is 3.75. The van der Waals surface area contributed by atoms with Gasteiger partial charge in [0.2, 0.25) is 5.91 Å². The molecule has 1 aliphatic heterocycles. The van der Waals surface area contributed by atoms with Gasteiger partial charge in [0.15, 0.2) is 5.82 Å².